The van der Waals surface area contributed by atoms with Crippen LogP contribution in [0.15, 0.2) is 0 Å². The van der Waals surface area contributed by atoms with Gasteiger partial charge < -0.3 is 30.7 Å². The van der Waals surface area contributed by atoms with E-state index in [1.165, 1.54) is 26.0 Å². The second-order valence-electron chi connectivity index (χ2n) is 10.9. The lowest BCUT2D eigenvalue weighted by molar-refractivity contribution is -0.144. The maximum Gasteiger partial charge on any atom is 0.407 e. The van der Waals surface area contributed by atoms with Gasteiger partial charge in [0.25, 0.3) is 5.91 Å². The van der Waals surface area contributed by atoms with Crippen LogP contribution in [-0.4, -0.2) is 83.8 Å². The molecule has 2 fully saturated rings. The van der Waals surface area contributed by atoms with Gasteiger partial charge in [0.05, 0.1) is 19.3 Å². The predicted octanol–water partition coefficient (Wildman–Crippen LogP) is 1.37. The highest BCUT2D eigenvalue weighted by atomic mass is 32.1. The zero-order chi connectivity index (χ0) is 27.4. The Morgan fingerprint density at radius 3 is 2.33 bits per heavy atom. The van der Waals surface area contributed by atoms with E-state index >= 15 is 0 Å². The number of thiol groups is 1. The van der Waals surface area contributed by atoms with Crippen molar-refractivity contribution in [3.63, 3.8) is 0 Å². The highest BCUT2D eigenvalue weighted by molar-refractivity contribution is 7.82. The Hall–Kier alpha value is -2.08. The first-order chi connectivity index (χ1) is 16.6. The summed E-state index contributed by atoms with van der Waals surface area (Å²) in [5.41, 5.74) is -0.672. The third kappa shape index (κ3) is 6.81. The van der Waals surface area contributed by atoms with Gasteiger partial charge in [0.15, 0.2) is 0 Å². The molecule has 36 heavy (non-hydrogen) atoms. The van der Waals surface area contributed by atoms with Gasteiger partial charge in [-0.3, -0.25) is 14.4 Å². The lowest BCUT2D eigenvalue weighted by Crippen LogP contribution is -2.62. The molecule has 0 spiro atoms. The summed E-state index contributed by atoms with van der Waals surface area (Å²) in [6.07, 6.45) is 0.486. The van der Waals surface area contributed by atoms with Crippen LogP contribution in [0.25, 0.3) is 0 Å². The molecule has 4 N–H and O–H groups in total. The number of alkyl carbamates (subject to hydrolysis) is 1. The molecule has 2 rings (SSSR count). The number of amides is 4. The molecule has 10 nitrogen and oxygen atoms in total. The summed E-state index contributed by atoms with van der Waals surface area (Å²) in [5, 5.41) is 18.4. The number of carbonyl (C=O) groups excluding carboxylic acids is 4. The molecule has 1 aliphatic carbocycles. The summed E-state index contributed by atoms with van der Waals surface area (Å²) in [5.74, 6) is -1.79. The summed E-state index contributed by atoms with van der Waals surface area (Å²) in [6, 6.07) is -3.01. The summed E-state index contributed by atoms with van der Waals surface area (Å²) in [7, 11) is 2.53. The van der Waals surface area contributed by atoms with Crippen LogP contribution in [0.4, 0.5) is 9.18 Å². The summed E-state index contributed by atoms with van der Waals surface area (Å²) >= 11 is 4.10. The van der Waals surface area contributed by atoms with Crippen molar-refractivity contribution in [2.75, 3.05) is 20.7 Å². The molecule has 1 saturated carbocycles. The summed E-state index contributed by atoms with van der Waals surface area (Å²) in [6.45, 7) is 7.10. The molecule has 2 aliphatic rings. The molecule has 4 amide bonds. The Balaban J connectivity index is 2.37. The Kier molecular flexibility index (Phi) is 10.0. The standard InChI is InChI=1S/C24H41FN4O6S/c1-13(25)10-11-16(24(34,36)21(32)26-5)27-19(30)17-15-9-7-8-14(15)12-29(17)20(31)18(23(2,3)4)28-22(33)35-6/h13-18,34,36H,7-12H2,1-6H3,(H,26,32)(H,27,30)(H,28,33)/t13-,14-,15-,16-,17-,18+,24-/m0/s1. The van der Waals surface area contributed by atoms with Crippen molar-refractivity contribution in [3.05, 3.63) is 0 Å². The van der Waals surface area contributed by atoms with Crippen molar-refractivity contribution in [1.82, 2.24) is 20.9 Å². The number of hydrogen-bond donors (Lipinski definition) is 5. The Morgan fingerprint density at radius 2 is 1.81 bits per heavy atom. The van der Waals surface area contributed by atoms with Crippen LogP contribution in [-0.2, 0) is 19.1 Å². The highest BCUT2D eigenvalue weighted by Crippen LogP contribution is 2.43. The number of methoxy groups -OCH3 is 1. The first kappa shape index (κ1) is 30.1. The van der Waals surface area contributed by atoms with E-state index in [9.17, 15) is 28.7 Å². The molecule has 7 atom stereocenters. The Labute approximate surface area is 217 Å². The fourth-order valence-corrected chi connectivity index (χ4v) is 5.53. The predicted molar refractivity (Wildman–Crippen MR) is 135 cm³/mol. The quantitative estimate of drug-likeness (QED) is 0.225. The van der Waals surface area contributed by atoms with E-state index in [1.807, 2.05) is 0 Å². The molecule has 12 heteroatoms. The number of alkyl halides is 1. The van der Waals surface area contributed by atoms with E-state index in [0.29, 0.717) is 6.54 Å². The number of nitrogens with zero attached hydrogens (tertiary/aromatic N) is 1. The SMILES string of the molecule is CNC(=O)[C@@](O)(S)[C@H](CC[C@H](C)F)NC(=O)[C@@H]1[C@H]2CCC[C@H]2CN1C(=O)[C@@H](NC(=O)OC)C(C)(C)C. The number of nitrogens with one attached hydrogen (secondary N) is 3. The topological polar surface area (TPSA) is 137 Å². The van der Waals surface area contributed by atoms with Gasteiger partial charge in [-0.05, 0) is 49.9 Å². The summed E-state index contributed by atoms with van der Waals surface area (Å²) < 4.78 is 18.3. The molecule has 1 aliphatic heterocycles. The monoisotopic (exact) mass is 532 g/mol. The normalized spacial score (nSPS) is 25.7. The first-order valence-electron chi connectivity index (χ1n) is 12.4. The van der Waals surface area contributed by atoms with E-state index in [0.717, 1.165) is 19.3 Å². The molecule has 206 valence electrons. The Bertz CT molecular complexity index is 834. The number of fused-ring (bicyclic) bond motifs is 1. The number of likely N-dealkylation sites (tertiary alicyclic amines) is 1. The van der Waals surface area contributed by atoms with Crippen molar-refractivity contribution < 1.29 is 33.4 Å². The minimum atomic E-state index is -2.29. The van der Waals surface area contributed by atoms with Crippen LogP contribution in [0.2, 0.25) is 0 Å². The maximum absolute atomic E-state index is 13.7. The van der Waals surface area contributed by atoms with Gasteiger partial charge in [-0.2, -0.15) is 0 Å². The average Bonchev–Trinajstić information content (AvgIpc) is 3.38. The van der Waals surface area contributed by atoms with Crippen LogP contribution >= 0.6 is 12.6 Å². The molecular formula is C24H41FN4O6S. The largest absolute Gasteiger partial charge is 0.453 e. The molecular weight excluding hydrogens is 491 g/mol. The van der Waals surface area contributed by atoms with Crippen LogP contribution in [0.3, 0.4) is 0 Å². The second-order valence-corrected chi connectivity index (χ2v) is 11.6. The minimum absolute atomic E-state index is 0.0146. The van der Waals surface area contributed by atoms with Gasteiger partial charge in [0.2, 0.25) is 16.7 Å². The maximum atomic E-state index is 13.7. The number of hydrogen-bond acceptors (Lipinski definition) is 7. The molecule has 1 saturated heterocycles. The minimum Gasteiger partial charge on any atom is -0.453 e. The van der Waals surface area contributed by atoms with Crippen molar-refractivity contribution >= 4 is 36.4 Å². The van der Waals surface area contributed by atoms with Gasteiger partial charge in [-0.15, -0.1) is 12.6 Å². The fraction of sp³-hybridized carbons (Fsp3) is 0.833. The van der Waals surface area contributed by atoms with Gasteiger partial charge in [0.1, 0.15) is 12.1 Å². The van der Waals surface area contributed by atoms with Crippen LogP contribution in [0.1, 0.15) is 59.8 Å². The second kappa shape index (κ2) is 12.0. The molecule has 0 radical (unpaired) electrons. The number of halogens is 1. The fourth-order valence-electron chi connectivity index (χ4n) is 5.23. The van der Waals surface area contributed by atoms with E-state index in [4.69, 9.17) is 4.74 Å². The van der Waals surface area contributed by atoms with Crippen LogP contribution < -0.4 is 16.0 Å². The van der Waals surface area contributed by atoms with Crippen molar-refractivity contribution in [3.8, 4) is 0 Å². The van der Waals surface area contributed by atoms with E-state index in [2.05, 4.69) is 28.6 Å². The van der Waals surface area contributed by atoms with Crippen molar-refractivity contribution in [1.29, 1.82) is 0 Å². The molecule has 0 bridgehead atoms. The third-order valence-electron chi connectivity index (χ3n) is 7.22. The smallest absolute Gasteiger partial charge is 0.407 e. The van der Waals surface area contributed by atoms with Gasteiger partial charge in [-0.1, -0.05) is 27.2 Å². The molecule has 0 unspecified atom stereocenters. The lowest BCUT2D eigenvalue weighted by Gasteiger charge is -2.37. The average molecular weight is 533 g/mol. The number of aliphatic hydroxyl groups is 1. The molecule has 0 aromatic carbocycles. The van der Waals surface area contributed by atoms with Gasteiger partial charge in [0, 0.05) is 13.6 Å². The van der Waals surface area contributed by atoms with Crippen LogP contribution in [0, 0.1) is 17.3 Å². The number of ether oxygens (including phenoxy) is 1. The third-order valence-corrected chi connectivity index (χ3v) is 7.73. The lowest BCUT2D eigenvalue weighted by atomic mass is 9.85. The van der Waals surface area contributed by atoms with E-state index < -0.39 is 58.5 Å². The number of carbonyl (C=O) groups is 4. The molecule has 0 aromatic heterocycles. The number of likely N-dealkylation sites (N-methyl/N-ethyl adjacent to an activating group) is 1. The Morgan fingerprint density at radius 1 is 1.17 bits per heavy atom. The zero-order valence-electron chi connectivity index (χ0n) is 22.0. The van der Waals surface area contributed by atoms with Crippen molar-refractivity contribution in [2.45, 2.75) is 89.0 Å². The zero-order valence-corrected chi connectivity index (χ0v) is 22.9. The van der Waals surface area contributed by atoms with E-state index in [1.54, 1.807) is 20.8 Å². The molecule has 1 heterocycles. The first-order valence-corrected chi connectivity index (χ1v) is 12.9. The van der Waals surface area contributed by atoms with E-state index in [-0.39, 0.29) is 24.7 Å². The number of rotatable bonds is 9. The molecule has 0 aromatic rings. The van der Waals surface area contributed by atoms with Crippen LogP contribution in [0.5, 0.6) is 0 Å². The van der Waals surface area contributed by atoms with Gasteiger partial charge >= 0.3 is 6.09 Å². The highest BCUT2D eigenvalue weighted by Gasteiger charge is 2.53. The summed E-state index contributed by atoms with van der Waals surface area (Å²) in [4.78, 5) is 50.9. The van der Waals surface area contributed by atoms with Crippen molar-refractivity contribution in [2.24, 2.45) is 17.3 Å². The van der Waals surface area contributed by atoms with Gasteiger partial charge in [-0.25, -0.2) is 9.18 Å².